The third-order valence-electron chi connectivity index (χ3n) is 5.07. The average molecular weight is 316 g/mol. The molecule has 1 heterocycles. The van der Waals surface area contributed by atoms with Gasteiger partial charge in [-0.05, 0) is 37.5 Å². The van der Waals surface area contributed by atoms with E-state index in [4.69, 9.17) is 13.7 Å². The van der Waals surface area contributed by atoms with Crippen molar-refractivity contribution in [3.63, 3.8) is 0 Å². The Kier molecular flexibility index (Phi) is 4.16. The highest BCUT2D eigenvalue weighted by molar-refractivity contribution is 7.85. The lowest BCUT2D eigenvalue weighted by atomic mass is 9.62. The van der Waals surface area contributed by atoms with E-state index in [2.05, 4.69) is 6.08 Å². The van der Waals surface area contributed by atoms with Gasteiger partial charge in [-0.25, -0.2) is 0 Å². The van der Waals surface area contributed by atoms with Crippen molar-refractivity contribution in [1.29, 1.82) is 0 Å². The Bertz CT molecular complexity index is 518. The van der Waals surface area contributed by atoms with E-state index in [0.717, 1.165) is 51.2 Å². The third-order valence-corrected chi connectivity index (χ3v) is 5.66. The number of fused-ring (bicyclic) bond motifs is 1. The fraction of sp³-hybridized carbons (Fsp3) is 0.867. The Balaban J connectivity index is 1.71. The molecule has 0 N–H and O–H groups in total. The number of ether oxygens (including phenoxy) is 2. The predicted molar refractivity (Wildman–Crippen MR) is 78.3 cm³/mol. The molecule has 1 saturated carbocycles. The van der Waals surface area contributed by atoms with Gasteiger partial charge in [-0.3, -0.25) is 4.18 Å². The van der Waals surface area contributed by atoms with Crippen molar-refractivity contribution in [1.82, 2.24) is 0 Å². The molecule has 0 amide bonds. The summed E-state index contributed by atoms with van der Waals surface area (Å²) in [7, 11) is -3.36. The zero-order chi connectivity index (χ0) is 15.0. The van der Waals surface area contributed by atoms with Gasteiger partial charge in [-0.15, -0.1) is 0 Å². The highest BCUT2D eigenvalue weighted by atomic mass is 32.2. The van der Waals surface area contributed by atoms with Crippen LogP contribution < -0.4 is 0 Å². The molecule has 1 saturated heterocycles. The molecule has 0 bridgehead atoms. The minimum absolute atomic E-state index is 0.0868. The summed E-state index contributed by atoms with van der Waals surface area (Å²) in [6, 6.07) is 0. The number of hydrogen-bond donors (Lipinski definition) is 0. The van der Waals surface area contributed by atoms with Crippen LogP contribution in [0.1, 0.15) is 44.9 Å². The van der Waals surface area contributed by atoms with Crippen molar-refractivity contribution in [3.05, 3.63) is 11.6 Å². The smallest absolute Gasteiger partial charge is 0.264 e. The maximum Gasteiger partial charge on any atom is 0.264 e. The third kappa shape index (κ3) is 3.33. The molecule has 1 atom stereocenters. The van der Waals surface area contributed by atoms with E-state index in [-0.39, 0.29) is 12.0 Å². The quantitative estimate of drug-likeness (QED) is 0.588. The molecule has 21 heavy (non-hydrogen) atoms. The molecule has 0 aromatic heterocycles. The minimum atomic E-state index is -3.36. The summed E-state index contributed by atoms with van der Waals surface area (Å²) >= 11 is 0. The van der Waals surface area contributed by atoms with Gasteiger partial charge >= 0.3 is 0 Å². The first kappa shape index (κ1) is 15.5. The Hall–Kier alpha value is -0.430. The lowest BCUT2D eigenvalue weighted by molar-refractivity contribution is -0.179. The lowest BCUT2D eigenvalue weighted by Crippen LogP contribution is -2.43. The highest BCUT2D eigenvalue weighted by Gasteiger charge is 2.49. The molecule has 0 aromatic rings. The van der Waals surface area contributed by atoms with Crippen LogP contribution in [-0.4, -0.2) is 40.3 Å². The number of rotatable bonds is 4. The fourth-order valence-corrected chi connectivity index (χ4v) is 4.38. The van der Waals surface area contributed by atoms with Crippen LogP contribution in [0.2, 0.25) is 0 Å². The largest absolute Gasteiger partial charge is 0.347 e. The molecular formula is C15H24O5S. The van der Waals surface area contributed by atoms with Crippen molar-refractivity contribution < 1.29 is 22.1 Å². The summed E-state index contributed by atoms with van der Waals surface area (Å²) < 4.78 is 39.0. The molecule has 6 heteroatoms. The van der Waals surface area contributed by atoms with Crippen molar-refractivity contribution in [3.8, 4) is 0 Å². The molecule has 1 aliphatic heterocycles. The average Bonchev–Trinajstić information content (AvgIpc) is 2.86. The molecular weight excluding hydrogens is 292 g/mol. The van der Waals surface area contributed by atoms with Crippen LogP contribution in [-0.2, 0) is 23.8 Å². The Morgan fingerprint density at radius 3 is 2.71 bits per heavy atom. The zero-order valence-electron chi connectivity index (χ0n) is 12.6. The topological polar surface area (TPSA) is 61.8 Å². The van der Waals surface area contributed by atoms with Crippen LogP contribution >= 0.6 is 0 Å². The van der Waals surface area contributed by atoms with Crippen LogP contribution in [0.25, 0.3) is 0 Å². The van der Waals surface area contributed by atoms with Crippen molar-refractivity contribution >= 4 is 10.1 Å². The van der Waals surface area contributed by atoms with Crippen LogP contribution in [0, 0.1) is 5.41 Å². The second-order valence-corrected chi connectivity index (χ2v) is 8.11. The van der Waals surface area contributed by atoms with Crippen molar-refractivity contribution in [2.75, 3.05) is 26.1 Å². The van der Waals surface area contributed by atoms with Crippen LogP contribution in [0.15, 0.2) is 11.6 Å². The molecule has 1 spiro atoms. The van der Waals surface area contributed by atoms with E-state index >= 15 is 0 Å². The molecule has 5 nitrogen and oxygen atoms in total. The standard InChI is InChI=1S/C15H24O5S/c1-21(16,17)20-9-8-14-5-3-2-4-13(14)12-15(7-6-14)18-10-11-19-15/h4H,2-3,5-12H2,1H3. The van der Waals surface area contributed by atoms with Crippen molar-refractivity contribution in [2.24, 2.45) is 5.41 Å². The summed E-state index contributed by atoms with van der Waals surface area (Å²) in [6.45, 7) is 1.62. The molecule has 2 aliphatic carbocycles. The molecule has 0 aromatic carbocycles. The Morgan fingerprint density at radius 1 is 1.24 bits per heavy atom. The van der Waals surface area contributed by atoms with Gasteiger partial charge in [0.2, 0.25) is 0 Å². The highest BCUT2D eigenvalue weighted by Crippen LogP contribution is 2.54. The van der Waals surface area contributed by atoms with Gasteiger partial charge in [-0.1, -0.05) is 11.6 Å². The summed E-state index contributed by atoms with van der Waals surface area (Å²) in [5.41, 5.74) is 1.47. The van der Waals surface area contributed by atoms with Crippen LogP contribution in [0.4, 0.5) is 0 Å². The Morgan fingerprint density at radius 2 is 2.00 bits per heavy atom. The van der Waals surface area contributed by atoms with E-state index in [1.807, 2.05) is 0 Å². The molecule has 3 rings (SSSR count). The Labute approximate surface area is 126 Å². The van der Waals surface area contributed by atoms with E-state index < -0.39 is 15.9 Å². The summed E-state index contributed by atoms with van der Waals surface area (Å²) in [4.78, 5) is 0. The van der Waals surface area contributed by atoms with E-state index in [9.17, 15) is 8.42 Å². The van der Waals surface area contributed by atoms with Crippen LogP contribution in [0.5, 0.6) is 0 Å². The van der Waals surface area contributed by atoms with Crippen molar-refractivity contribution in [2.45, 2.75) is 50.7 Å². The summed E-state index contributed by atoms with van der Waals surface area (Å²) in [6.07, 6.45) is 10.3. The maximum atomic E-state index is 11.2. The molecule has 120 valence electrons. The monoisotopic (exact) mass is 316 g/mol. The predicted octanol–water partition coefficient (Wildman–Crippen LogP) is 2.38. The first-order chi connectivity index (χ1) is 9.93. The minimum Gasteiger partial charge on any atom is -0.347 e. The SMILES string of the molecule is CS(=O)(=O)OCCC12CCCC=C1CC1(CC2)OCCO1. The van der Waals surface area contributed by atoms with Gasteiger partial charge in [0.1, 0.15) is 0 Å². The second-order valence-electron chi connectivity index (χ2n) is 6.46. The first-order valence-electron chi connectivity index (χ1n) is 7.75. The summed E-state index contributed by atoms with van der Waals surface area (Å²) in [5.74, 6) is -0.412. The number of allylic oxidation sites excluding steroid dienone is 1. The molecule has 0 radical (unpaired) electrons. The molecule has 2 fully saturated rings. The maximum absolute atomic E-state index is 11.2. The van der Waals surface area contributed by atoms with E-state index in [1.54, 1.807) is 0 Å². The van der Waals surface area contributed by atoms with Gasteiger partial charge in [0.15, 0.2) is 5.79 Å². The van der Waals surface area contributed by atoms with Gasteiger partial charge in [0, 0.05) is 12.8 Å². The first-order valence-corrected chi connectivity index (χ1v) is 9.57. The van der Waals surface area contributed by atoms with Gasteiger partial charge in [-0.2, -0.15) is 8.42 Å². The van der Waals surface area contributed by atoms with Crippen LogP contribution in [0.3, 0.4) is 0 Å². The second kappa shape index (κ2) is 5.65. The molecule has 3 aliphatic rings. The normalized spacial score (nSPS) is 32.0. The fourth-order valence-electron chi connectivity index (χ4n) is 3.99. The van der Waals surface area contributed by atoms with Gasteiger partial charge in [0.05, 0.1) is 26.1 Å². The van der Waals surface area contributed by atoms with Gasteiger partial charge in [0.25, 0.3) is 10.1 Å². The van der Waals surface area contributed by atoms with E-state index in [0.29, 0.717) is 13.2 Å². The summed E-state index contributed by atoms with van der Waals surface area (Å²) in [5, 5.41) is 0. The molecule has 1 unspecified atom stereocenters. The van der Waals surface area contributed by atoms with Gasteiger partial charge < -0.3 is 9.47 Å². The zero-order valence-corrected chi connectivity index (χ0v) is 13.4. The van der Waals surface area contributed by atoms with E-state index in [1.165, 1.54) is 5.57 Å². The lowest BCUT2D eigenvalue weighted by Gasteiger charge is -2.47. The number of hydrogen-bond acceptors (Lipinski definition) is 5.